The molecule has 33 heavy (non-hydrogen) atoms. The van der Waals surface area contributed by atoms with Gasteiger partial charge in [-0.05, 0) is 54.3 Å². The molecule has 0 aromatic heterocycles. The summed E-state index contributed by atoms with van der Waals surface area (Å²) in [6, 6.07) is 12.2. The van der Waals surface area contributed by atoms with Crippen LogP contribution in [-0.2, 0) is 10.2 Å². The molecule has 0 spiro atoms. The number of benzene rings is 2. The van der Waals surface area contributed by atoms with Gasteiger partial charge in [-0.15, -0.1) is 0 Å². The number of amides is 1. The SMILES string of the molecule is CCCCCCCCCC(C)(C)c1cc(C(=O)Nc2ccc(C(=O)OC)cc2)ccc1OC. The van der Waals surface area contributed by atoms with Crippen LogP contribution in [0.5, 0.6) is 5.75 Å². The fourth-order valence-electron chi connectivity index (χ4n) is 4.05. The molecule has 1 N–H and O–H groups in total. The Bertz CT molecular complexity index is 903. The molecule has 2 aromatic carbocycles. The predicted molar refractivity (Wildman–Crippen MR) is 134 cm³/mol. The van der Waals surface area contributed by atoms with Gasteiger partial charge >= 0.3 is 5.97 Å². The Labute approximate surface area is 198 Å². The first-order valence-corrected chi connectivity index (χ1v) is 12.0. The summed E-state index contributed by atoms with van der Waals surface area (Å²) in [5, 5.41) is 2.90. The summed E-state index contributed by atoms with van der Waals surface area (Å²) >= 11 is 0. The second-order valence-corrected chi connectivity index (χ2v) is 9.19. The third-order valence-electron chi connectivity index (χ3n) is 6.16. The van der Waals surface area contributed by atoms with E-state index in [0.29, 0.717) is 16.8 Å². The van der Waals surface area contributed by atoms with Crippen LogP contribution in [0.3, 0.4) is 0 Å². The van der Waals surface area contributed by atoms with Gasteiger partial charge in [-0.1, -0.05) is 65.7 Å². The molecular weight excluding hydrogens is 414 g/mol. The first kappa shape index (κ1) is 26.4. The van der Waals surface area contributed by atoms with Crippen LogP contribution < -0.4 is 10.1 Å². The van der Waals surface area contributed by atoms with E-state index >= 15 is 0 Å². The van der Waals surface area contributed by atoms with E-state index in [2.05, 4.69) is 26.1 Å². The van der Waals surface area contributed by atoms with Crippen LogP contribution in [0.25, 0.3) is 0 Å². The highest BCUT2D eigenvalue weighted by atomic mass is 16.5. The highest BCUT2D eigenvalue weighted by Crippen LogP contribution is 2.36. The van der Waals surface area contributed by atoms with Crippen LogP contribution in [0.2, 0.25) is 0 Å². The number of hydrogen-bond donors (Lipinski definition) is 1. The smallest absolute Gasteiger partial charge is 0.337 e. The van der Waals surface area contributed by atoms with Gasteiger partial charge < -0.3 is 14.8 Å². The molecule has 2 aromatic rings. The van der Waals surface area contributed by atoms with E-state index < -0.39 is 5.97 Å². The summed E-state index contributed by atoms with van der Waals surface area (Å²) in [6.07, 6.45) is 9.96. The Hall–Kier alpha value is -2.82. The third kappa shape index (κ3) is 7.92. The van der Waals surface area contributed by atoms with Crippen molar-refractivity contribution in [2.24, 2.45) is 0 Å². The third-order valence-corrected chi connectivity index (χ3v) is 6.16. The molecular formula is C28H39NO4. The van der Waals surface area contributed by atoms with E-state index in [0.717, 1.165) is 24.2 Å². The zero-order chi connectivity index (χ0) is 24.3. The fourth-order valence-corrected chi connectivity index (χ4v) is 4.05. The van der Waals surface area contributed by atoms with Crippen molar-refractivity contribution in [3.63, 3.8) is 0 Å². The maximum atomic E-state index is 12.9. The topological polar surface area (TPSA) is 64.6 Å². The maximum absolute atomic E-state index is 12.9. The largest absolute Gasteiger partial charge is 0.496 e. The second kappa shape index (κ2) is 13.0. The maximum Gasteiger partial charge on any atom is 0.337 e. The van der Waals surface area contributed by atoms with Crippen molar-refractivity contribution in [2.45, 2.75) is 77.6 Å². The van der Waals surface area contributed by atoms with E-state index in [1.165, 1.54) is 45.6 Å². The summed E-state index contributed by atoms with van der Waals surface area (Å²) in [4.78, 5) is 24.5. The van der Waals surface area contributed by atoms with Crippen molar-refractivity contribution in [2.75, 3.05) is 19.5 Å². The van der Waals surface area contributed by atoms with Gasteiger partial charge in [0, 0.05) is 16.8 Å². The van der Waals surface area contributed by atoms with Gasteiger partial charge in [-0.2, -0.15) is 0 Å². The van der Waals surface area contributed by atoms with Crippen LogP contribution in [0.15, 0.2) is 42.5 Å². The standard InChI is InChI=1S/C28H39NO4/c1-6-7-8-9-10-11-12-19-28(2,3)24-20-22(15-18-25(24)32-4)26(30)29-23-16-13-21(14-17-23)27(31)33-5/h13-18,20H,6-12,19H2,1-5H3,(H,29,30). The normalized spacial score (nSPS) is 11.2. The molecule has 1 amide bonds. The van der Waals surface area contributed by atoms with Crippen molar-refractivity contribution in [3.05, 3.63) is 59.2 Å². The number of methoxy groups -OCH3 is 2. The number of hydrogen-bond acceptors (Lipinski definition) is 4. The average molecular weight is 454 g/mol. The molecule has 0 atom stereocenters. The molecule has 5 nitrogen and oxygen atoms in total. The summed E-state index contributed by atoms with van der Waals surface area (Å²) in [6.45, 7) is 6.68. The predicted octanol–water partition coefficient (Wildman–Crippen LogP) is 7.15. The highest BCUT2D eigenvalue weighted by molar-refractivity contribution is 6.04. The van der Waals surface area contributed by atoms with Crippen molar-refractivity contribution in [1.82, 2.24) is 0 Å². The van der Waals surface area contributed by atoms with Crippen LogP contribution in [0.1, 0.15) is 98.4 Å². The molecule has 0 radical (unpaired) electrons. The Morgan fingerprint density at radius 2 is 1.45 bits per heavy atom. The molecule has 0 aliphatic carbocycles. The van der Waals surface area contributed by atoms with Crippen LogP contribution in [0.4, 0.5) is 5.69 Å². The molecule has 0 fully saturated rings. The number of esters is 1. The summed E-state index contributed by atoms with van der Waals surface area (Å²) in [5.41, 5.74) is 2.58. The summed E-state index contributed by atoms with van der Waals surface area (Å²) < 4.78 is 10.3. The summed E-state index contributed by atoms with van der Waals surface area (Å²) in [5.74, 6) is 0.203. The van der Waals surface area contributed by atoms with E-state index in [9.17, 15) is 9.59 Å². The van der Waals surface area contributed by atoms with E-state index in [1.807, 2.05) is 12.1 Å². The molecule has 5 heteroatoms. The Kier molecular flexibility index (Phi) is 10.4. The molecule has 0 aliphatic heterocycles. The first-order chi connectivity index (χ1) is 15.8. The monoisotopic (exact) mass is 453 g/mol. The van der Waals surface area contributed by atoms with Crippen LogP contribution in [0, 0.1) is 0 Å². The van der Waals surface area contributed by atoms with Gasteiger partial charge in [0.15, 0.2) is 0 Å². The molecule has 2 rings (SSSR count). The van der Waals surface area contributed by atoms with E-state index in [-0.39, 0.29) is 11.3 Å². The minimum absolute atomic E-state index is 0.104. The first-order valence-electron chi connectivity index (χ1n) is 12.0. The number of carbonyl (C=O) groups excluding carboxylic acids is 2. The highest BCUT2D eigenvalue weighted by Gasteiger charge is 2.25. The lowest BCUT2D eigenvalue weighted by molar-refractivity contribution is 0.0600. The number of anilines is 1. The van der Waals surface area contributed by atoms with Crippen molar-refractivity contribution in [1.29, 1.82) is 0 Å². The van der Waals surface area contributed by atoms with E-state index in [4.69, 9.17) is 9.47 Å². The molecule has 0 saturated heterocycles. The van der Waals surface area contributed by atoms with Gasteiger partial charge in [0.1, 0.15) is 5.75 Å². The van der Waals surface area contributed by atoms with Gasteiger partial charge in [-0.3, -0.25) is 4.79 Å². The fraction of sp³-hybridized carbons (Fsp3) is 0.500. The minimum atomic E-state index is -0.407. The Morgan fingerprint density at radius 3 is 2.06 bits per heavy atom. The van der Waals surface area contributed by atoms with Crippen molar-refractivity contribution >= 4 is 17.6 Å². The van der Waals surface area contributed by atoms with Gasteiger partial charge in [0.25, 0.3) is 5.91 Å². The van der Waals surface area contributed by atoms with Crippen LogP contribution in [-0.4, -0.2) is 26.1 Å². The number of unbranched alkanes of at least 4 members (excludes halogenated alkanes) is 6. The lowest BCUT2D eigenvalue weighted by Gasteiger charge is -2.28. The lowest BCUT2D eigenvalue weighted by Crippen LogP contribution is -2.20. The van der Waals surface area contributed by atoms with E-state index in [1.54, 1.807) is 37.4 Å². The zero-order valence-corrected chi connectivity index (χ0v) is 20.8. The lowest BCUT2D eigenvalue weighted by atomic mass is 9.78. The summed E-state index contributed by atoms with van der Waals surface area (Å²) in [7, 11) is 3.01. The minimum Gasteiger partial charge on any atom is -0.496 e. The van der Waals surface area contributed by atoms with Gasteiger partial charge in [0.2, 0.25) is 0 Å². The molecule has 0 unspecified atom stereocenters. The number of rotatable bonds is 13. The average Bonchev–Trinajstić information content (AvgIpc) is 2.83. The number of carbonyl (C=O) groups is 2. The Morgan fingerprint density at radius 1 is 0.848 bits per heavy atom. The molecule has 180 valence electrons. The Balaban J connectivity index is 2.06. The molecule has 0 saturated carbocycles. The molecule has 0 bridgehead atoms. The van der Waals surface area contributed by atoms with Crippen molar-refractivity contribution < 1.29 is 19.1 Å². The number of nitrogens with one attached hydrogen (secondary N) is 1. The second-order valence-electron chi connectivity index (χ2n) is 9.19. The number of ether oxygens (including phenoxy) is 2. The van der Waals surface area contributed by atoms with Gasteiger partial charge in [0.05, 0.1) is 19.8 Å². The van der Waals surface area contributed by atoms with Crippen molar-refractivity contribution in [3.8, 4) is 5.75 Å². The van der Waals surface area contributed by atoms with Crippen LogP contribution >= 0.6 is 0 Å². The zero-order valence-electron chi connectivity index (χ0n) is 20.8. The molecule has 0 heterocycles. The molecule has 0 aliphatic rings. The van der Waals surface area contributed by atoms with Gasteiger partial charge in [-0.25, -0.2) is 4.79 Å². The quantitative estimate of drug-likeness (QED) is 0.258.